The third-order valence-electron chi connectivity index (χ3n) is 7.93. The lowest BCUT2D eigenvalue weighted by molar-refractivity contribution is -0.955. The van der Waals surface area contributed by atoms with Gasteiger partial charge in [-0.3, -0.25) is 0 Å². The number of hydrogen-bond acceptors (Lipinski definition) is 3. The fourth-order valence-electron chi connectivity index (χ4n) is 5.81. The molecule has 4 aliphatic rings. The SMILES string of the molecule is OC(CO[C@H]1C2CC[N+](CCCOc3ccccc3)(CC2)[C@@H]1Br)(c1ccccc1)C1CC1. The van der Waals surface area contributed by atoms with Gasteiger partial charge in [0.1, 0.15) is 17.5 Å². The summed E-state index contributed by atoms with van der Waals surface area (Å²) in [5, 5.41) is 11.6. The lowest BCUT2D eigenvalue weighted by atomic mass is 9.82. The van der Waals surface area contributed by atoms with Crippen LogP contribution in [0, 0.1) is 11.8 Å². The highest BCUT2D eigenvalue weighted by Gasteiger charge is 2.54. The van der Waals surface area contributed by atoms with Crippen molar-refractivity contribution in [3.63, 3.8) is 0 Å². The number of piperidine rings is 3. The Hall–Kier alpha value is -1.40. The van der Waals surface area contributed by atoms with E-state index in [1.807, 2.05) is 60.7 Å². The number of ether oxygens (including phenoxy) is 2. The predicted octanol–water partition coefficient (Wildman–Crippen LogP) is 5.10. The van der Waals surface area contributed by atoms with E-state index in [4.69, 9.17) is 9.47 Å². The number of benzene rings is 2. The zero-order chi connectivity index (χ0) is 22.0. The maximum absolute atomic E-state index is 11.6. The van der Waals surface area contributed by atoms with Gasteiger partial charge in [0.2, 0.25) is 0 Å². The van der Waals surface area contributed by atoms with E-state index < -0.39 is 5.60 Å². The van der Waals surface area contributed by atoms with Gasteiger partial charge < -0.3 is 19.1 Å². The molecular weight excluding hydrogens is 466 g/mol. The molecule has 0 aromatic heterocycles. The highest BCUT2D eigenvalue weighted by molar-refractivity contribution is 9.09. The van der Waals surface area contributed by atoms with E-state index in [2.05, 4.69) is 15.9 Å². The van der Waals surface area contributed by atoms with Crippen LogP contribution in [0.4, 0.5) is 0 Å². The molecule has 4 nitrogen and oxygen atoms in total. The maximum Gasteiger partial charge on any atom is 0.171 e. The number of nitrogens with zero attached hydrogens (tertiary/aromatic N) is 1. The first-order valence-electron chi connectivity index (χ1n) is 12.2. The van der Waals surface area contributed by atoms with Gasteiger partial charge in [0.05, 0.1) is 32.8 Å². The molecule has 1 saturated carbocycles. The fraction of sp³-hybridized carbons (Fsp3) is 0.556. The minimum absolute atomic E-state index is 0.154. The molecule has 1 unspecified atom stereocenters. The summed E-state index contributed by atoms with van der Waals surface area (Å²) < 4.78 is 13.6. The van der Waals surface area contributed by atoms with Crippen LogP contribution in [0.2, 0.25) is 0 Å². The lowest BCUT2D eigenvalue weighted by Crippen LogP contribution is -2.68. The molecule has 32 heavy (non-hydrogen) atoms. The van der Waals surface area contributed by atoms with E-state index in [1.165, 1.54) is 25.9 Å². The predicted molar refractivity (Wildman–Crippen MR) is 130 cm³/mol. The Morgan fingerprint density at radius 1 is 0.938 bits per heavy atom. The van der Waals surface area contributed by atoms with Crippen LogP contribution in [-0.4, -0.2) is 53.5 Å². The second-order valence-electron chi connectivity index (χ2n) is 9.95. The van der Waals surface area contributed by atoms with Crippen LogP contribution in [0.25, 0.3) is 0 Å². The first kappa shape index (κ1) is 22.4. The molecule has 3 heterocycles. The van der Waals surface area contributed by atoms with Crippen molar-refractivity contribution >= 4 is 15.9 Å². The Balaban J connectivity index is 1.20. The monoisotopic (exact) mass is 500 g/mol. The highest BCUT2D eigenvalue weighted by Crippen LogP contribution is 2.48. The second kappa shape index (κ2) is 9.46. The van der Waals surface area contributed by atoms with Crippen LogP contribution in [0.5, 0.6) is 5.75 Å². The van der Waals surface area contributed by atoms with Crippen molar-refractivity contribution in [2.45, 2.75) is 48.8 Å². The van der Waals surface area contributed by atoms with E-state index in [0.29, 0.717) is 18.4 Å². The van der Waals surface area contributed by atoms with Crippen LogP contribution < -0.4 is 4.74 Å². The molecule has 3 saturated heterocycles. The van der Waals surface area contributed by atoms with Gasteiger partial charge in [-0.2, -0.15) is 0 Å². The second-order valence-corrected chi connectivity index (χ2v) is 10.9. The summed E-state index contributed by atoms with van der Waals surface area (Å²) in [5.74, 6) is 1.85. The van der Waals surface area contributed by atoms with Crippen LogP contribution >= 0.6 is 15.9 Å². The van der Waals surface area contributed by atoms with Gasteiger partial charge in [0.25, 0.3) is 0 Å². The third kappa shape index (κ3) is 4.50. The summed E-state index contributed by atoms with van der Waals surface area (Å²) in [5.41, 5.74) is 0.130. The summed E-state index contributed by atoms with van der Waals surface area (Å²) in [6, 6.07) is 20.2. The number of hydrogen-bond donors (Lipinski definition) is 1. The molecule has 0 spiro atoms. The highest BCUT2D eigenvalue weighted by atomic mass is 79.9. The van der Waals surface area contributed by atoms with Gasteiger partial charge in [-0.1, -0.05) is 48.5 Å². The Labute approximate surface area is 200 Å². The van der Waals surface area contributed by atoms with Crippen LogP contribution in [0.15, 0.2) is 60.7 Å². The summed E-state index contributed by atoms with van der Waals surface area (Å²) in [6.07, 6.45) is 5.77. The van der Waals surface area contributed by atoms with Crippen molar-refractivity contribution in [1.29, 1.82) is 0 Å². The molecule has 3 atom stereocenters. The van der Waals surface area contributed by atoms with E-state index >= 15 is 0 Å². The van der Waals surface area contributed by atoms with Gasteiger partial charge in [0.15, 0.2) is 4.95 Å². The minimum atomic E-state index is -0.867. The zero-order valence-electron chi connectivity index (χ0n) is 18.7. The van der Waals surface area contributed by atoms with Crippen molar-refractivity contribution in [3.05, 3.63) is 66.2 Å². The smallest absolute Gasteiger partial charge is 0.171 e. The van der Waals surface area contributed by atoms with Gasteiger partial charge >= 0.3 is 0 Å². The molecule has 2 bridgehead atoms. The number of rotatable bonds is 10. The number of fused-ring (bicyclic) bond motifs is 3. The largest absolute Gasteiger partial charge is 0.493 e. The fourth-order valence-corrected chi connectivity index (χ4v) is 7.01. The molecule has 2 aromatic rings. The standard InChI is InChI=1S/C27H35BrNO3/c28-26-25(32-20-27(30,23-12-13-23)22-8-3-1-4-9-22)21-14-17-29(26,18-15-21)16-7-19-31-24-10-5-2-6-11-24/h1-6,8-11,21,23,25-26,30H,7,12-20H2/q+1/t21?,25-,26-,27?,29?/m0/s1. The van der Waals surface area contributed by atoms with Gasteiger partial charge in [-0.25, -0.2) is 0 Å². The first-order chi connectivity index (χ1) is 15.6. The third-order valence-corrected chi connectivity index (χ3v) is 9.32. The van der Waals surface area contributed by atoms with E-state index in [0.717, 1.165) is 48.2 Å². The number of para-hydroxylation sites is 1. The topological polar surface area (TPSA) is 38.7 Å². The summed E-state index contributed by atoms with van der Waals surface area (Å²) in [4.78, 5) is 0.283. The summed E-state index contributed by atoms with van der Waals surface area (Å²) in [6.45, 7) is 4.64. The maximum atomic E-state index is 11.6. The molecule has 0 amide bonds. The average Bonchev–Trinajstić information content (AvgIpc) is 3.70. The average molecular weight is 501 g/mol. The van der Waals surface area contributed by atoms with Crippen molar-refractivity contribution in [3.8, 4) is 5.75 Å². The quantitative estimate of drug-likeness (QED) is 0.213. The Morgan fingerprint density at radius 2 is 1.59 bits per heavy atom. The Morgan fingerprint density at radius 3 is 2.25 bits per heavy atom. The van der Waals surface area contributed by atoms with Crippen molar-refractivity contribution in [2.24, 2.45) is 11.8 Å². The van der Waals surface area contributed by atoms with Crippen molar-refractivity contribution in [1.82, 2.24) is 0 Å². The van der Waals surface area contributed by atoms with Gasteiger partial charge in [-0.05, 0) is 52.4 Å². The van der Waals surface area contributed by atoms with Crippen molar-refractivity contribution < 1.29 is 19.1 Å². The summed E-state index contributed by atoms with van der Waals surface area (Å²) in [7, 11) is 0. The molecule has 3 aliphatic heterocycles. The zero-order valence-corrected chi connectivity index (χ0v) is 20.3. The molecular formula is C27H35BrNO3+. The molecule has 4 fully saturated rings. The van der Waals surface area contributed by atoms with E-state index in [9.17, 15) is 5.11 Å². The molecule has 1 aliphatic carbocycles. The normalized spacial score (nSPS) is 31.2. The molecule has 2 aromatic carbocycles. The first-order valence-corrected chi connectivity index (χ1v) is 13.1. The molecule has 172 valence electrons. The van der Waals surface area contributed by atoms with Gasteiger partial charge in [-0.15, -0.1) is 0 Å². The minimum Gasteiger partial charge on any atom is -0.493 e. The Bertz CT molecular complexity index is 867. The molecule has 1 N–H and O–H groups in total. The van der Waals surface area contributed by atoms with Gasteiger partial charge in [0, 0.05) is 25.2 Å². The van der Waals surface area contributed by atoms with Crippen LogP contribution in [0.3, 0.4) is 0 Å². The van der Waals surface area contributed by atoms with Crippen LogP contribution in [0.1, 0.15) is 37.7 Å². The number of aliphatic hydroxyl groups is 1. The number of alkyl halides is 1. The lowest BCUT2D eigenvalue weighted by Gasteiger charge is -2.56. The van der Waals surface area contributed by atoms with Crippen LogP contribution in [-0.2, 0) is 10.3 Å². The molecule has 6 rings (SSSR count). The van der Waals surface area contributed by atoms with E-state index in [1.54, 1.807) is 0 Å². The molecule has 5 heteroatoms. The van der Waals surface area contributed by atoms with E-state index in [-0.39, 0.29) is 11.1 Å². The Kier molecular flexibility index (Phi) is 6.62. The molecule has 0 radical (unpaired) electrons. The summed E-state index contributed by atoms with van der Waals surface area (Å²) >= 11 is 4.07. The number of quaternary nitrogens is 1. The number of halogens is 1. The van der Waals surface area contributed by atoms with Crippen molar-refractivity contribution in [2.75, 3.05) is 32.8 Å².